The van der Waals surface area contributed by atoms with Crippen LogP contribution in [0, 0.1) is 6.92 Å². The number of rotatable bonds is 4. The Labute approximate surface area is 138 Å². The zero-order valence-corrected chi connectivity index (χ0v) is 14.0. The predicted octanol–water partition coefficient (Wildman–Crippen LogP) is 4.36. The summed E-state index contributed by atoms with van der Waals surface area (Å²) in [6, 6.07) is 12.5. The molecule has 2 rings (SSSR count). The third-order valence-corrected chi connectivity index (χ3v) is 4.04. The van der Waals surface area contributed by atoms with E-state index in [9.17, 15) is 9.59 Å². The Hall–Kier alpha value is -2.14. The molecule has 0 aliphatic rings. The van der Waals surface area contributed by atoms with Crippen molar-refractivity contribution in [1.29, 1.82) is 0 Å². The third kappa shape index (κ3) is 4.18. The summed E-state index contributed by atoms with van der Waals surface area (Å²) in [5.74, 6) is -0.296. The Balaban J connectivity index is 2.13. The second-order valence-electron chi connectivity index (χ2n) is 4.90. The Morgan fingerprint density at radius 3 is 2.45 bits per heavy atom. The summed E-state index contributed by atoms with van der Waals surface area (Å²) in [4.78, 5) is 23.7. The van der Waals surface area contributed by atoms with Crippen molar-refractivity contribution < 1.29 is 9.59 Å². The van der Waals surface area contributed by atoms with E-state index in [1.54, 1.807) is 31.2 Å². The molecule has 2 N–H and O–H groups in total. The summed E-state index contributed by atoms with van der Waals surface area (Å²) >= 11 is 3.43. The van der Waals surface area contributed by atoms with Crippen LogP contribution < -0.4 is 10.6 Å². The molecule has 0 saturated carbocycles. The maximum Gasteiger partial charge on any atom is 0.255 e. The highest BCUT2D eigenvalue weighted by atomic mass is 79.9. The van der Waals surface area contributed by atoms with Gasteiger partial charge >= 0.3 is 0 Å². The molecule has 0 spiro atoms. The Bertz CT molecular complexity index is 714. The number of benzene rings is 2. The average molecular weight is 361 g/mol. The van der Waals surface area contributed by atoms with E-state index in [-0.39, 0.29) is 11.8 Å². The van der Waals surface area contributed by atoms with Crippen molar-refractivity contribution in [3.05, 3.63) is 58.1 Å². The first kappa shape index (κ1) is 16.2. The summed E-state index contributed by atoms with van der Waals surface area (Å²) in [6.07, 6.45) is 0.397. The van der Waals surface area contributed by atoms with Gasteiger partial charge in [-0.2, -0.15) is 0 Å². The van der Waals surface area contributed by atoms with Gasteiger partial charge < -0.3 is 10.6 Å². The lowest BCUT2D eigenvalue weighted by molar-refractivity contribution is -0.115. The highest BCUT2D eigenvalue weighted by Gasteiger charge is 2.08. The molecule has 114 valence electrons. The van der Waals surface area contributed by atoms with E-state index in [4.69, 9.17) is 0 Å². The van der Waals surface area contributed by atoms with E-state index >= 15 is 0 Å². The first-order chi connectivity index (χ1) is 10.5. The molecule has 0 saturated heterocycles. The molecule has 0 aliphatic heterocycles. The van der Waals surface area contributed by atoms with Crippen LogP contribution in [0.1, 0.15) is 29.3 Å². The van der Waals surface area contributed by atoms with Gasteiger partial charge in [-0.3, -0.25) is 9.59 Å². The van der Waals surface area contributed by atoms with Gasteiger partial charge in [-0.25, -0.2) is 0 Å². The quantitative estimate of drug-likeness (QED) is 0.850. The molecule has 5 heteroatoms. The van der Waals surface area contributed by atoms with Gasteiger partial charge in [0.1, 0.15) is 0 Å². The third-order valence-electron chi connectivity index (χ3n) is 3.15. The number of amides is 2. The zero-order valence-electron chi connectivity index (χ0n) is 12.4. The van der Waals surface area contributed by atoms with Crippen LogP contribution in [0.25, 0.3) is 0 Å². The minimum absolute atomic E-state index is 0.0823. The zero-order chi connectivity index (χ0) is 16.1. The van der Waals surface area contributed by atoms with Crippen LogP contribution in [0.3, 0.4) is 0 Å². The van der Waals surface area contributed by atoms with Crippen LogP contribution in [-0.4, -0.2) is 11.8 Å². The molecule has 0 radical (unpaired) electrons. The fourth-order valence-electron chi connectivity index (χ4n) is 1.91. The van der Waals surface area contributed by atoms with Gasteiger partial charge in [-0.1, -0.05) is 28.9 Å². The van der Waals surface area contributed by atoms with E-state index in [1.807, 2.05) is 25.1 Å². The number of carbonyl (C=O) groups is 2. The molecule has 4 nitrogen and oxygen atoms in total. The highest BCUT2D eigenvalue weighted by Crippen LogP contribution is 2.21. The largest absolute Gasteiger partial charge is 0.326 e. The molecule has 0 bridgehead atoms. The maximum absolute atomic E-state index is 12.3. The normalized spacial score (nSPS) is 10.1. The standard InChI is InChI=1S/C17H17BrN2O2/c1-3-16(21)19-13-6-4-5-12(10-13)17(22)20-14-7-8-15(18)11(2)9-14/h4-10H,3H2,1-2H3,(H,19,21)(H,20,22). The highest BCUT2D eigenvalue weighted by molar-refractivity contribution is 9.10. The topological polar surface area (TPSA) is 58.2 Å². The van der Waals surface area contributed by atoms with Crippen molar-refractivity contribution in [2.75, 3.05) is 10.6 Å². The number of hydrogen-bond donors (Lipinski definition) is 2. The van der Waals surface area contributed by atoms with Gasteiger partial charge in [0.2, 0.25) is 5.91 Å². The molecule has 2 amide bonds. The molecule has 0 aromatic heterocycles. The van der Waals surface area contributed by atoms with Gasteiger partial charge in [-0.05, 0) is 48.9 Å². The van der Waals surface area contributed by atoms with Crippen LogP contribution in [0.5, 0.6) is 0 Å². The average Bonchev–Trinajstić information content (AvgIpc) is 2.51. The second kappa shape index (κ2) is 7.22. The SMILES string of the molecule is CCC(=O)Nc1cccc(C(=O)Nc2ccc(Br)c(C)c2)c1. The molecule has 0 atom stereocenters. The van der Waals surface area contributed by atoms with Crippen molar-refractivity contribution in [3.8, 4) is 0 Å². The fourth-order valence-corrected chi connectivity index (χ4v) is 2.16. The number of nitrogens with one attached hydrogen (secondary N) is 2. The van der Waals surface area contributed by atoms with Crippen molar-refractivity contribution in [2.24, 2.45) is 0 Å². The van der Waals surface area contributed by atoms with Crippen LogP contribution in [0.2, 0.25) is 0 Å². The number of halogens is 1. The van der Waals surface area contributed by atoms with Crippen molar-refractivity contribution >= 4 is 39.1 Å². The lowest BCUT2D eigenvalue weighted by atomic mass is 10.1. The van der Waals surface area contributed by atoms with E-state index in [2.05, 4.69) is 26.6 Å². The molecule has 0 aliphatic carbocycles. The van der Waals surface area contributed by atoms with Crippen LogP contribution in [0.15, 0.2) is 46.9 Å². The summed E-state index contributed by atoms with van der Waals surface area (Å²) in [5.41, 5.74) is 2.89. The molecular formula is C17H17BrN2O2. The van der Waals surface area contributed by atoms with Crippen LogP contribution in [0.4, 0.5) is 11.4 Å². The molecule has 2 aromatic rings. The number of carbonyl (C=O) groups excluding carboxylic acids is 2. The molecule has 0 heterocycles. The Morgan fingerprint density at radius 1 is 1.05 bits per heavy atom. The number of hydrogen-bond acceptors (Lipinski definition) is 2. The van der Waals surface area contributed by atoms with Gasteiger partial charge in [0.05, 0.1) is 0 Å². The van der Waals surface area contributed by atoms with Crippen molar-refractivity contribution in [2.45, 2.75) is 20.3 Å². The predicted molar refractivity (Wildman–Crippen MR) is 92.2 cm³/mol. The summed E-state index contributed by atoms with van der Waals surface area (Å²) in [5, 5.41) is 5.59. The van der Waals surface area contributed by atoms with Crippen molar-refractivity contribution in [1.82, 2.24) is 0 Å². The lowest BCUT2D eigenvalue weighted by Gasteiger charge is -2.09. The molecule has 22 heavy (non-hydrogen) atoms. The number of aryl methyl sites for hydroxylation is 1. The molecule has 2 aromatic carbocycles. The lowest BCUT2D eigenvalue weighted by Crippen LogP contribution is -2.14. The van der Waals surface area contributed by atoms with E-state index in [0.29, 0.717) is 17.7 Å². The molecular weight excluding hydrogens is 344 g/mol. The maximum atomic E-state index is 12.3. The molecule has 0 unspecified atom stereocenters. The minimum Gasteiger partial charge on any atom is -0.326 e. The monoisotopic (exact) mass is 360 g/mol. The summed E-state index contributed by atoms with van der Waals surface area (Å²) in [7, 11) is 0. The van der Waals surface area contributed by atoms with Gasteiger partial charge in [0.25, 0.3) is 5.91 Å². The second-order valence-corrected chi connectivity index (χ2v) is 5.75. The smallest absolute Gasteiger partial charge is 0.255 e. The van der Waals surface area contributed by atoms with Gasteiger partial charge in [0, 0.05) is 27.8 Å². The van der Waals surface area contributed by atoms with E-state index in [0.717, 1.165) is 15.7 Å². The van der Waals surface area contributed by atoms with E-state index < -0.39 is 0 Å². The summed E-state index contributed by atoms with van der Waals surface area (Å²) < 4.78 is 0.995. The summed E-state index contributed by atoms with van der Waals surface area (Å²) in [6.45, 7) is 3.74. The Morgan fingerprint density at radius 2 is 1.77 bits per heavy atom. The minimum atomic E-state index is -0.214. The van der Waals surface area contributed by atoms with Gasteiger partial charge in [-0.15, -0.1) is 0 Å². The first-order valence-corrected chi connectivity index (χ1v) is 7.76. The van der Waals surface area contributed by atoms with Gasteiger partial charge in [0.15, 0.2) is 0 Å². The van der Waals surface area contributed by atoms with Crippen LogP contribution >= 0.6 is 15.9 Å². The first-order valence-electron chi connectivity index (χ1n) is 6.97. The fraction of sp³-hybridized carbons (Fsp3) is 0.176. The molecule has 0 fully saturated rings. The van der Waals surface area contributed by atoms with E-state index in [1.165, 1.54) is 0 Å². The van der Waals surface area contributed by atoms with Crippen molar-refractivity contribution in [3.63, 3.8) is 0 Å². The Kier molecular flexibility index (Phi) is 5.33. The number of anilines is 2. The van der Waals surface area contributed by atoms with Crippen LogP contribution in [-0.2, 0) is 4.79 Å².